The predicted molar refractivity (Wildman–Crippen MR) is 66.3 cm³/mol. The van der Waals surface area contributed by atoms with Gasteiger partial charge in [-0.05, 0) is 30.5 Å². The van der Waals surface area contributed by atoms with E-state index in [0.717, 1.165) is 11.4 Å². The highest BCUT2D eigenvalue weighted by molar-refractivity contribution is 7.08. The first-order valence-corrected chi connectivity index (χ1v) is 5.95. The molecule has 1 amide bonds. The fourth-order valence-corrected chi connectivity index (χ4v) is 2.14. The second-order valence-electron chi connectivity index (χ2n) is 3.29. The molecule has 0 spiro atoms. The van der Waals surface area contributed by atoms with Gasteiger partial charge in [0.1, 0.15) is 5.15 Å². The van der Waals surface area contributed by atoms with Crippen LogP contribution in [0.4, 0.5) is 5.69 Å². The number of hydrogen-bond donors (Lipinski definition) is 1. The smallest absolute Gasteiger partial charge is 0.255 e. The van der Waals surface area contributed by atoms with Crippen LogP contribution in [0.3, 0.4) is 0 Å². The average Bonchev–Trinajstić information content (AvgIpc) is 2.68. The number of thiophene rings is 1. The Bertz CT molecular complexity index is 490. The number of aromatic nitrogens is 1. The van der Waals surface area contributed by atoms with E-state index in [1.54, 1.807) is 19.1 Å². The Morgan fingerprint density at radius 2 is 2.31 bits per heavy atom. The van der Waals surface area contributed by atoms with Crippen molar-refractivity contribution in [3.63, 3.8) is 0 Å². The average molecular weight is 253 g/mol. The van der Waals surface area contributed by atoms with Crippen LogP contribution in [0.15, 0.2) is 29.0 Å². The van der Waals surface area contributed by atoms with Gasteiger partial charge in [0, 0.05) is 16.6 Å². The van der Waals surface area contributed by atoms with Crippen molar-refractivity contribution >= 4 is 34.5 Å². The summed E-state index contributed by atoms with van der Waals surface area (Å²) < 4.78 is 0. The van der Waals surface area contributed by atoms with Gasteiger partial charge in [0.15, 0.2) is 0 Å². The second-order valence-corrected chi connectivity index (χ2v) is 4.45. The van der Waals surface area contributed by atoms with E-state index in [9.17, 15) is 4.79 Å². The van der Waals surface area contributed by atoms with E-state index >= 15 is 0 Å². The van der Waals surface area contributed by atoms with Crippen molar-refractivity contribution in [3.05, 3.63) is 45.4 Å². The number of hydrogen-bond acceptors (Lipinski definition) is 3. The van der Waals surface area contributed by atoms with Crippen LogP contribution in [0, 0.1) is 6.92 Å². The first-order chi connectivity index (χ1) is 7.65. The summed E-state index contributed by atoms with van der Waals surface area (Å²) in [6, 6.07) is 5.10. The summed E-state index contributed by atoms with van der Waals surface area (Å²) in [6.07, 6.45) is 0. The van der Waals surface area contributed by atoms with Gasteiger partial charge in [-0.25, -0.2) is 4.98 Å². The highest BCUT2D eigenvalue weighted by Gasteiger charge is 2.08. The Hall–Kier alpha value is -1.39. The Morgan fingerprint density at radius 3 is 2.94 bits per heavy atom. The highest BCUT2D eigenvalue weighted by Crippen LogP contribution is 2.15. The van der Waals surface area contributed by atoms with Crippen molar-refractivity contribution in [2.24, 2.45) is 0 Å². The summed E-state index contributed by atoms with van der Waals surface area (Å²) in [7, 11) is 0. The van der Waals surface area contributed by atoms with E-state index in [1.807, 2.05) is 16.8 Å². The number of carbonyl (C=O) groups is 1. The molecule has 0 fully saturated rings. The van der Waals surface area contributed by atoms with E-state index in [-0.39, 0.29) is 5.91 Å². The van der Waals surface area contributed by atoms with Gasteiger partial charge in [-0.1, -0.05) is 11.6 Å². The molecule has 0 bridgehead atoms. The van der Waals surface area contributed by atoms with Gasteiger partial charge >= 0.3 is 0 Å². The lowest BCUT2D eigenvalue weighted by atomic mass is 10.2. The molecule has 2 rings (SSSR count). The summed E-state index contributed by atoms with van der Waals surface area (Å²) in [5.41, 5.74) is 2.03. The van der Waals surface area contributed by atoms with Crippen molar-refractivity contribution in [2.75, 3.05) is 5.32 Å². The highest BCUT2D eigenvalue weighted by atomic mass is 35.5. The predicted octanol–water partition coefficient (Wildman–Crippen LogP) is 3.36. The number of nitrogens with zero attached hydrogens (tertiary/aromatic N) is 1. The van der Waals surface area contributed by atoms with Gasteiger partial charge in [-0.2, -0.15) is 11.3 Å². The van der Waals surface area contributed by atoms with Crippen LogP contribution in [0.5, 0.6) is 0 Å². The molecule has 0 saturated carbocycles. The maximum absolute atomic E-state index is 11.8. The maximum Gasteiger partial charge on any atom is 0.255 e. The topological polar surface area (TPSA) is 42.0 Å². The van der Waals surface area contributed by atoms with Gasteiger partial charge in [0.25, 0.3) is 5.91 Å². The Morgan fingerprint density at radius 1 is 1.50 bits per heavy atom. The molecular weight excluding hydrogens is 244 g/mol. The molecule has 0 atom stereocenters. The fraction of sp³-hybridized carbons (Fsp3) is 0.0909. The molecule has 0 aromatic carbocycles. The third kappa shape index (κ3) is 2.59. The summed E-state index contributed by atoms with van der Waals surface area (Å²) in [4.78, 5) is 15.8. The number of halogens is 1. The van der Waals surface area contributed by atoms with Crippen LogP contribution < -0.4 is 5.32 Å². The van der Waals surface area contributed by atoms with Crippen molar-refractivity contribution in [1.82, 2.24) is 4.98 Å². The monoisotopic (exact) mass is 252 g/mol. The van der Waals surface area contributed by atoms with E-state index in [2.05, 4.69) is 10.3 Å². The lowest BCUT2D eigenvalue weighted by molar-refractivity contribution is 0.102. The lowest BCUT2D eigenvalue weighted by Gasteiger charge is -2.04. The lowest BCUT2D eigenvalue weighted by Crippen LogP contribution is -2.11. The molecular formula is C11H9ClN2OS. The van der Waals surface area contributed by atoms with Crippen molar-refractivity contribution in [2.45, 2.75) is 6.92 Å². The first kappa shape index (κ1) is 11.1. The molecule has 2 heterocycles. The molecule has 0 aliphatic rings. The standard InChI is InChI=1S/C11H9ClN2OS/c1-7-4-8(5-10(12)13-7)11(15)14-9-2-3-16-6-9/h2-6H,1H3,(H,14,15). The third-order valence-electron chi connectivity index (χ3n) is 1.96. The number of carbonyl (C=O) groups excluding carboxylic acids is 1. The number of anilines is 1. The van der Waals surface area contributed by atoms with Gasteiger partial charge in [0.05, 0.1) is 5.69 Å². The van der Waals surface area contributed by atoms with Crippen LogP contribution >= 0.6 is 22.9 Å². The number of amides is 1. The summed E-state index contributed by atoms with van der Waals surface area (Å²) in [6.45, 7) is 1.80. The van der Waals surface area contributed by atoms with Crippen molar-refractivity contribution in [1.29, 1.82) is 0 Å². The van der Waals surface area contributed by atoms with Gasteiger partial charge in [-0.15, -0.1) is 0 Å². The van der Waals surface area contributed by atoms with Gasteiger partial charge < -0.3 is 5.32 Å². The Labute approximate surface area is 102 Å². The molecule has 1 N–H and O–H groups in total. The molecule has 0 aliphatic heterocycles. The molecule has 82 valence electrons. The minimum absolute atomic E-state index is 0.175. The van der Waals surface area contributed by atoms with Crippen LogP contribution in [-0.2, 0) is 0 Å². The summed E-state index contributed by atoms with van der Waals surface area (Å²) in [5, 5.41) is 6.88. The van der Waals surface area contributed by atoms with E-state index < -0.39 is 0 Å². The van der Waals surface area contributed by atoms with Crippen molar-refractivity contribution in [3.8, 4) is 0 Å². The fourth-order valence-electron chi connectivity index (χ4n) is 1.30. The van der Waals surface area contributed by atoms with E-state index in [4.69, 9.17) is 11.6 Å². The molecule has 2 aromatic heterocycles. The molecule has 0 saturated heterocycles. The zero-order valence-electron chi connectivity index (χ0n) is 8.53. The Kier molecular flexibility index (Phi) is 3.22. The van der Waals surface area contributed by atoms with Crippen molar-refractivity contribution < 1.29 is 4.79 Å². The number of rotatable bonds is 2. The third-order valence-corrected chi connectivity index (χ3v) is 2.84. The molecule has 5 heteroatoms. The van der Waals surface area contributed by atoms with E-state index in [1.165, 1.54) is 11.3 Å². The van der Waals surface area contributed by atoms with Crippen LogP contribution in [0.25, 0.3) is 0 Å². The summed E-state index contributed by atoms with van der Waals surface area (Å²) in [5.74, 6) is -0.175. The van der Waals surface area contributed by atoms with Crippen LogP contribution in [0.2, 0.25) is 5.15 Å². The zero-order chi connectivity index (χ0) is 11.5. The van der Waals surface area contributed by atoms with Crippen LogP contribution in [-0.4, -0.2) is 10.9 Å². The van der Waals surface area contributed by atoms with Gasteiger partial charge in [0.2, 0.25) is 0 Å². The first-order valence-electron chi connectivity index (χ1n) is 4.63. The SMILES string of the molecule is Cc1cc(C(=O)Nc2ccsc2)cc(Cl)n1. The number of nitrogens with one attached hydrogen (secondary N) is 1. The Balaban J connectivity index is 2.21. The minimum Gasteiger partial charge on any atom is -0.321 e. The molecule has 0 aliphatic carbocycles. The quantitative estimate of drug-likeness (QED) is 0.833. The molecule has 3 nitrogen and oxygen atoms in total. The van der Waals surface area contributed by atoms with Gasteiger partial charge in [-0.3, -0.25) is 4.79 Å². The van der Waals surface area contributed by atoms with Crippen LogP contribution in [0.1, 0.15) is 16.1 Å². The summed E-state index contributed by atoms with van der Waals surface area (Å²) >= 11 is 7.32. The molecule has 0 radical (unpaired) electrons. The number of pyridine rings is 1. The molecule has 0 unspecified atom stereocenters. The molecule has 16 heavy (non-hydrogen) atoms. The molecule has 2 aromatic rings. The number of aryl methyl sites for hydroxylation is 1. The second kappa shape index (κ2) is 4.63. The largest absolute Gasteiger partial charge is 0.321 e. The normalized spacial score (nSPS) is 10.1. The van der Waals surface area contributed by atoms with E-state index in [0.29, 0.717) is 10.7 Å². The minimum atomic E-state index is -0.175. The zero-order valence-corrected chi connectivity index (χ0v) is 10.1. The maximum atomic E-state index is 11.8.